The number of nitrogens with one attached hydrogen (secondary N) is 3. The van der Waals surface area contributed by atoms with Gasteiger partial charge in [-0.15, -0.1) is 0 Å². The van der Waals surface area contributed by atoms with E-state index in [1.54, 1.807) is 13.2 Å². The van der Waals surface area contributed by atoms with E-state index in [1.807, 2.05) is 42.5 Å². The summed E-state index contributed by atoms with van der Waals surface area (Å²) in [4.78, 5) is 29.5. The molecule has 1 aromatic heterocycles. The topological polar surface area (TPSA) is 95.6 Å². The number of piperidine rings is 1. The average molecular weight is 444 g/mol. The lowest BCUT2D eigenvalue weighted by molar-refractivity contribution is -0.111. The predicted octanol–water partition coefficient (Wildman–Crippen LogP) is 2.73. The van der Waals surface area contributed by atoms with E-state index in [1.165, 1.54) is 6.08 Å². The van der Waals surface area contributed by atoms with Crippen LogP contribution in [0.25, 0.3) is 22.0 Å². The highest BCUT2D eigenvalue weighted by molar-refractivity contribution is 6.08. The zero-order valence-electron chi connectivity index (χ0n) is 18.3. The van der Waals surface area contributed by atoms with Crippen molar-refractivity contribution in [2.75, 3.05) is 25.5 Å². The second-order valence-electron chi connectivity index (χ2n) is 8.23. The first kappa shape index (κ1) is 21.1. The first-order valence-electron chi connectivity index (χ1n) is 10.9. The van der Waals surface area contributed by atoms with Gasteiger partial charge in [-0.2, -0.15) is 0 Å². The van der Waals surface area contributed by atoms with Crippen molar-refractivity contribution in [3.05, 3.63) is 66.9 Å². The Labute approximate surface area is 191 Å². The van der Waals surface area contributed by atoms with Crippen molar-refractivity contribution in [1.82, 2.24) is 20.7 Å². The SMILES string of the molecule is C=CC(=O)Nc1c(OC)ccc2ccc(-c3cccc(C(=O)NC4CCN5CC4N5)n3)cc12. The van der Waals surface area contributed by atoms with Gasteiger partial charge in [0.15, 0.2) is 0 Å². The summed E-state index contributed by atoms with van der Waals surface area (Å²) in [7, 11) is 1.56. The fourth-order valence-corrected chi connectivity index (χ4v) is 4.39. The Kier molecular flexibility index (Phi) is 5.53. The zero-order valence-corrected chi connectivity index (χ0v) is 18.3. The smallest absolute Gasteiger partial charge is 0.270 e. The largest absolute Gasteiger partial charge is 0.495 e. The molecule has 2 amide bonds. The standard InChI is InChI=1S/C25H25N5O3/c1-3-23(31)28-24-17-13-16(8-7-15(17)9-10-22(24)33-2)18-5-4-6-20(26-18)25(32)27-19-11-12-30-14-21(19)29-30/h3-10,13,19,21,29H,1,11-12,14H2,2H3,(H,27,32)(H,28,31). The molecule has 3 fully saturated rings. The van der Waals surface area contributed by atoms with Gasteiger partial charge in [0.2, 0.25) is 5.91 Å². The van der Waals surface area contributed by atoms with Crippen molar-refractivity contribution < 1.29 is 14.3 Å². The van der Waals surface area contributed by atoms with E-state index in [4.69, 9.17) is 4.74 Å². The molecule has 0 radical (unpaired) electrons. The van der Waals surface area contributed by atoms with E-state index < -0.39 is 0 Å². The van der Waals surface area contributed by atoms with E-state index in [0.717, 1.165) is 35.8 Å². The molecule has 3 N–H and O–H groups in total. The van der Waals surface area contributed by atoms with Gasteiger partial charge in [-0.1, -0.05) is 30.8 Å². The summed E-state index contributed by atoms with van der Waals surface area (Å²) in [6.07, 6.45) is 2.14. The van der Waals surface area contributed by atoms with Gasteiger partial charge in [-0.25, -0.2) is 15.4 Å². The highest BCUT2D eigenvalue weighted by atomic mass is 16.5. The van der Waals surface area contributed by atoms with Crippen LogP contribution in [0.15, 0.2) is 61.2 Å². The number of carbonyl (C=O) groups is 2. The molecule has 33 heavy (non-hydrogen) atoms. The van der Waals surface area contributed by atoms with Gasteiger partial charge in [-0.3, -0.25) is 9.59 Å². The number of aromatic nitrogens is 1. The summed E-state index contributed by atoms with van der Waals surface area (Å²) in [5, 5.41) is 9.86. The maximum atomic E-state index is 12.9. The fraction of sp³-hybridized carbons (Fsp3) is 0.240. The highest BCUT2D eigenvalue weighted by Gasteiger charge is 2.38. The first-order valence-corrected chi connectivity index (χ1v) is 10.9. The predicted molar refractivity (Wildman–Crippen MR) is 127 cm³/mol. The second kappa shape index (κ2) is 8.65. The minimum absolute atomic E-state index is 0.108. The number of carbonyl (C=O) groups excluding carboxylic acids is 2. The number of methoxy groups -OCH3 is 1. The number of nitrogens with zero attached hydrogens (tertiary/aromatic N) is 2. The monoisotopic (exact) mass is 443 g/mol. The fourth-order valence-electron chi connectivity index (χ4n) is 4.39. The highest BCUT2D eigenvalue weighted by Crippen LogP contribution is 2.35. The molecule has 8 heteroatoms. The Hall–Kier alpha value is -3.75. The van der Waals surface area contributed by atoms with Gasteiger partial charge in [0.25, 0.3) is 5.91 Å². The number of rotatable bonds is 6. The minimum Gasteiger partial charge on any atom is -0.495 e. The molecule has 0 spiro atoms. The van der Waals surface area contributed by atoms with Crippen LogP contribution in [-0.2, 0) is 4.79 Å². The number of hydrazine groups is 1. The van der Waals surface area contributed by atoms with Crippen molar-refractivity contribution in [3.8, 4) is 17.0 Å². The molecule has 2 aromatic carbocycles. The number of ether oxygens (including phenoxy) is 1. The molecule has 3 aliphatic heterocycles. The number of pyridine rings is 1. The number of hydrogen-bond donors (Lipinski definition) is 3. The molecule has 3 aliphatic rings. The third-order valence-electron chi connectivity index (χ3n) is 6.19. The van der Waals surface area contributed by atoms with Crippen molar-refractivity contribution in [2.45, 2.75) is 18.5 Å². The van der Waals surface area contributed by atoms with E-state index >= 15 is 0 Å². The molecule has 3 saturated heterocycles. The Bertz CT molecular complexity index is 1250. The second-order valence-corrected chi connectivity index (χ2v) is 8.23. The number of anilines is 1. The Morgan fingerprint density at radius 3 is 2.79 bits per heavy atom. The van der Waals surface area contributed by atoms with E-state index in [-0.39, 0.29) is 17.9 Å². The lowest BCUT2D eigenvalue weighted by Crippen LogP contribution is -2.73. The number of hydrogen-bond acceptors (Lipinski definition) is 6. The summed E-state index contributed by atoms with van der Waals surface area (Å²) in [6.45, 7) is 5.42. The third kappa shape index (κ3) is 4.06. The molecule has 3 aromatic rings. The van der Waals surface area contributed by atoms with Crippen molar-refractivity contribution in [1.29, 1.82) is 0 Å². The van der Waals surface area contributed by atoms with Crippen LogP contribution in [0.3, 0.4) is 0 Å². The van der Waals surface area contributed by atoms with Crippen LogP contribution in [0.1, 0.15) is 16.9 Å². The Morgan fingerprint density at radius 1 is 1.24 bits per heavy atom. The van der Waals surface area contributed by atoms with Gasteiger partial charge < -0.3 is 15.4 Å². The number of amides is 2. The molecule has 4 heterocycles. The zero-order chi connectivity index (χ0) is 22.9. The van der Waals surface area contributed by atoms with Gasteiger partial charge in [-0.05, 0) is 42.1 Å². The van der Waals surface area contributed by atoms with Crippen LogP contribution < -0.4 is 20.8 Å². The molecule has 8 nitrogen and oxygen atoms in total. The molecule has 0 aliphatic carbocycles. The molecule has 0 saturated carbocycles. The first-order chi connectivity index (χ1) is 16.1. The van der Waals surface area contributed by atoms with Crippen LogP contribution in [0.4, 0.5) is 5.69 Å². The maximum absolute atomic E-state index is 12.9. The maximum Gasteiger partial charge on any atom is 0.270 e. The summed E-state index contributed by atoms with van der Waals surface area (Å²) in [6, 6.07) is 15.4. The van der Waals surface area contributed by atoms with Gasteiger partial charge in [0, 0.05) is 30.1 Å². The molecule has 3 atom stereocenters. The van der Waals surface area contributed by atoms with E-state index in [2.05, 4.69) is 32.6 Å². The summed E-state index contributed by atoms with van der Waals surface area (Å²) < 4.78 is 5.45. The minimum atomic E-state index is -0.324. The van der Waals surface area contributed by atoms with E-state index in [9.17, 15) is 9.59 Å². The third-order valence-corrected chi connectivity index (χ3v) is 6.19. The summed E-state index contributed by atoms with van der Waals surface area (Å²) >= 11 is 0. The lowest BCUT2D eigenvalue weighted by Gasteiger charge is -2.50. The molecular formula is C25H25N5O3. The lowest BCUT2D eigenvalue weighted by atomic mass is 9.96. The molecule has 3 unspecified atom stereocenters. The van der Waals surface area contributed by atoms with Crippen LogP contribution in [0, 0.1) is 0 Å². The van der Waals surface area contributed by atoms with E-state index in [0.29, 0.717) is 28.9 Å². The summed E-state index contributed by atoms with van der Waals surface area (Å²) in [5.41, 5.74) is 5.76. The number of fused-ring (bicyclic) bond motifs is 3. The van der Waals surface area contributed by atoms with Gasteiger partial charge >= 0.3 is 0 Å². The van der Waals surface area contributed by atoms with Crippen molar-refractivity contribution in [3.63, 3.8) is 0 Å². The van der Waals surface area contributed by atoms with Crippen molar-refractivity contribution >= 4 is 28.3 Å². The normalized spacial score (nSPS) is 21.1. The van der Waals surface area contributed by atoms with Gasteiger partial charge in [0.1, 0.15) is 11.4 Å². The van der Waals surface area contributed by atoms with Gasteiger partial charge in [0.05, 0.1) is 24.5 Å². The van der Waals surface area contributed by atoms with Crippen LogP contribution in [0.5, 0.6) is 5.75 Å². The quantitative estimate of drug-likeness (QED) is 0.507. The average Bonchev–Trinajstić information content (AvgIpc) is 2.83. The Balaban J connectivity index is 1.46. The number of benzene rings is 2. The molecule has 168 valence electrons. The van der Waals surface area contributed by atoms with Crippen LogP contribution >= 0.6 is 0 Å². The molecular weight excluding hydrogens is 418 g/mol. The Morgan fingerprint density at radius 2 is 2.06 bits per heavy atom. The van der Waals surface area contributed by atoms with Crippen LogP contribution in [0.2, 0.25) is 0 Å². The molecule has 2 bridgehead atoms. The summed E-state index contributed by atoms with van der Waals surface area (Å²) in [5.74, 6) is 0.0479. The van der Waals surface area contributed by atoms with Crippen LogP contribution in [-0.4, -0.2) is 54.1 Å². The van der Waals surface area contributed by atoms with Crippen molar-refractivity contribution in [2.24, 2.45) is 0 Å². The molecule has 6 rings (SSSR count).